The molecule has 0 atom stereocenters. The second-order valence-electron chi connectivity index (χ2n) is 5.24. The smallest absolute Gasteiger partial charge is 0.211 e. The summed E-state index contributed by atoms with van der Waals surface area (Å²) in [5.41, 5.74) is 3.10. The highest BCUT2D eigenvalue weighted by Gasteiger charge is 2.18. The van der Waals surface area contributed by atoms with Crippen LogP contribution in [0.4, 0.5) is 0 Å². The molecule has 0 aliphatic rings. The van der Waals surface area contributed by atoms with Crippen LogP contribution in [0.15, 0.2) is 67.0 Å². The van der Waals surface area contributed by atoms with E-state index in [2.05, 4.69) is 11.1 Å². The van der Waals surface area contributed by atoms with Gasteiger partial charge in [0.25, 0.3) is 0 Å². The van der Waals surface area contributed by atoms with Gasteiger partial charge in [-0.1, -0.05) is 24.3 Å². The van der Waals surface area contributed by atoms with Gasteiger partial charge in [-0.05, 0) is 35.7 Å². The summed E-state index contributed by atoms with van der Waals surface area (Å²) >= 11 is 0. The van der Waals surface area contributed by atoms with E-state index >= 15 is 0 Å². The van der Waals surface area contributed by atoms with E-state index in [0.29, 0.717) is 16.8 Å². The monoisotopic (exact) mass is 297 g/mol. The molecule has 0 bridgehead atoms. The highest BCUT2D eigenvalue weighted by atomic mass is 16.1. The molecule has 0 saturated heterocycles. The molecule has 23 heavy (non-hydrogen) atoms. The third-order valence-electron chi connectivity index (χ3n) is 3.91. The molecule has 0 spiro atoms. The number of ketones is 1. The number of carbonyl (C=O) groups excluding carboxylic acids is 1. The first-order chi connectivity index (χ1) is 11.3. The molecule has 4 aromatic rings. The molecule has 108 valence electrons. The van der Waals surface area contributed by atoms with Crippen molar-refractivity contribution in [2.75, 3.05) is 0 Å². The highest BCUT2D eigenvalue weighted by molar-refractivity contribution is 6.10. The van der Waals surface area contributed by atoms with Crippen LogP contribution in [0.25, 0.3) is 16.4 Å². The second-order valence-corrected chi connectivity index (χ2v) is 5.24. The number of rotatable bonds is 2. The molecule has 0 fully saturated rings. The van der Waals surface area contributed by atoms with Gasteiger partial charge in [0.1, 0.15) is 6.07 Å². The van der Waals surface area contributed by atoms with Crippen molar-refractivity contribution in [3.8, 4) is 6.07 Å². The Balaban J connectivity index is 2.09. The van der Waals surface area contributed by atoms with Crippen molar-refractivity contribution >= 4 is 22.2 Å². The summed E-state index contributed by atoms with van der Waals surface area (Å²) in [7, 11) is 0. The van der Waals surface area contributed by atoms with Crippen LogP contribution in [-0.4, -0.2) is 15.2 Å². The molecule has 4 nitrogen and oxygen atoms in total. The first-order valence-corrected chi connectivity index (χ1v) is 7.17. The SMILES string of the molecule is N#Cc1cc(C(=O)c2cccnc2)n2c1ccc1ccccc12. The van der Waals surface area contributed by atoms with Gasteiger partial charge in [-0.2, -0.15) is 5.26 Å². The molecule has 0 radical (unpaired) electrons. The van der Waals surface area contributed by atoms with Crippen molar-refractivity contribution in [1.29, 1.82) is 5.26 Å². The topological polar surface area (TPSA) is 58.2 Å². The summed E-state index contributed by atoms with van der Waals surface area (Å²) < 4.78 is 1.85. The Hall–Kier alpha value is -3.45. The third-order valence-corrected chi connectivity index (χ3v) is 3.91. The first kappa shape index (κ1) is 13.2. The van der Waals surface area contributed by atoms with Gasteiger partial charge in [-0.15, -0.1) is 0 Å². The lowest BCUT2D eigenvalue weighted by Crippen LogP contribution is -2.06. The quantitative estimate of drug-likeness (QED) is 0.531. The van der Waals surface area contributed by atoms with Gasteiger partial charge < -0.3 is 4.40 Å². The van der Waals surface area contributed by atoms with E-state index < -0.39 is 0 Å². The number of benzene rings is 1. The number of para-hydroxylation sites is 1. The first-order valence-electron chi connectivity index (χ1n) is 7.17. The maximum atomic E-state index is 12.9. The van der Waals surface area contributed by atoms with Crippen LogP contribution in [0.5, 0.6) is 0 Å². The zero-order chi connectivity index (χ0) is 15.8. The minimum absolute atomic E-state index is 0.147. The van der Waals surface area contributed by atoms with E-state index in [0.717, 1.165) is 16.4 Å². The van der Waals surface area contributed by atoms with E-state index in [9.17, 15) is 10.1 Å². The molecular formula is C19H11N3O. The minimum Gasteiger partial charge on any atom is -0.305 e. The average molecular weight is 297 g/mol. The fraction of sp³-hybridized carbons (Fsp3) is 0. The lowest BCUT2D eigenvalue weighted by molar-refractivity contribution is 0.103. The second kappa shape index (κ2) is 5.08. The van der Waals surface area contributed by atoms with Crippen molar-refractivity contribution in [1.82, 2.24) is 9.38 Å². The maximum absolute atomic E-state index is 12.9. The molecule has 0 aliphatic carbocycles. The van der Waals surface area contributed by atoms with Gasteiger partial charge in [0.15, 0.2) is 0 Å². The van der Waals surface area contributed by atoms with Crippen molar-refractivity contribution in [2.24, 2.45) is 0 Å². The molecule has 0 unspecified atom stereocenters. The third kappa shape index (κ3) is 1.99. The van der Waals surface area contributed by atoms with E-state index in [4.69, 9.17) is 0 Å². The summed E-state index contributed by atoms with van der Waals surface area (Å²) in [5.74, 6) is -0.147. The van der Waals surface area contributed by atoms with Gasteiger partial charge in [0, 0.05) is 18.0 Å². The van der Waals surface area contributed by atoms with Crippen molar-refractivity contribution in [2.45, 2.75) is 0 Å². The van der Waals surface area contributed by atoms with Crippen LogP contribution in [-0.2, 0) is 0 Å². The molecule has 0 amide bonds. The standard InChI is InChI=1S/C19H11N3O/c20-11-15-10-18(19(23)14-5-3-9-21-12-14)22-16-6-2-1-4-13(16)7-8-17(15)22/h1-10,12H. The molecule has 4 rings (SSSR count). The molecule has 3 aromatic heterocycles. The van der Waals surface area contributed by atoms with Crippen LogP contribution >= 0.6 is 0 Å². The molecule has 4 heteroatoms. The van der Waals surface area contributed by atoms with Crippen molar-refractivity contribution in [3.05, 3.63) is 83.8 Å². The summed E-state index contributed by atoms with van der Waals surface area (Å²) in [6.07, 6.45) is 3.17. The number of fused-ring (bicyclic) bond motifs is 3. The van der Waals surface area contributed by atoms with Gasteiger partial charge in [-0.3, -0.25) is 9.78 Å². The largest absolute Gasteiger partial charge is 0.305 e. The van der Waals surface area contributed by atoms with Gasteiger partial charge >= 0.3 is 0 Å². The molecule has 0 aliphatic heterocycles. The normalized spacial score (nSPS) is 10.7. The fourth-order valence-electron chi connectivity index (χ4n) is 2.85. The fourth-order valence-corrected chi connectivity index (χ4v) is 2.85. The van der Waals surface area contributed by atoms with Gasteiger partial charge in [0.05, 0.1) is 22.3 Å². The summed E-state index contributed by atoms with van der Waals surface area (Å²) in [6, 6.07) is 18.9. The summed E-state index contributed by atoms with van der Waals surface area (Å²) in [5, 5.41) is 10.4. The Morgan fingerprint density at radius 1 is 1.04 bits per heavy atom. The van der Waals surface area contributed by atoms with Crippen LogP contribution in [0.3, 0.4) is 0 Å². The Bertz CT molecular complexity index is 1090. The van der Waals surface area contributed by atoms with Crippen LogP contribution in [0.2, 0.25) is 0 Å². The molecule has 0 saturated carbocycles. The number of nitriles is 1. The molecule has 1 aromatic carbocycles. The van der Waals surface area contributed by atoms with Gasteiger partial charge in [0.2, 0.25) is 5.78 Å². The number of hydrogen-bond donors (Lipinski definition) is 0. The molecular weight excluding hydrogens is 286 g/mol. The Morgan fingerprint density at radius 2 is 1.91 bits per heavy atom. The van der Waals surface area contributed by atoms with Crippen LogP contribution < -0.4 is 0 Å². The van der Waals surface area contributed by atoms with E-state index in [-0.39, 0.29) is 5.78 Å². The summed E-state index contributed by atoms with van der Waals surface area (Å²) in [4.78, 5) is 16.9. The Kier molecular flexibility index (Phi) is 2.92. The van der Waals surface area contributed by atoms with Crippen LogP contribution in [0, 0.1) is 11.3 Å². The molecule has 0 N–H and O–H groups in total. The maximum Gasteiger partial charge on any atom is 0.211 e. The number of nitrogens with zero attached hydrogens (tertiary/aromatic N) is 3. The van der Waals surface area contributed by atoms with E-state index in [1.54, 1.807) is 30.6 Å². The summed E-state index contributed by atoms with van der Waals surface area (Å²) in [6.45, 7) is 0. The zero-order valence-electron chi connectivity index (χ0n) is 12.1. The average Bonchev–Trinajstić information content (AvgIpc) is 3.01. The number of carbonyl (C=O) groups is 1. The lowest BCUT2D eigenvalue weighted by atomic mass is 10.1. The molecule has 3 heterocycles. The lowest BCUT2D eigenvalue weighted by Gasteiger charge is -2.07. The predicted molar refractivity (Wildman–Crippen MR) is 87.3 cm³/mol. The minimum atomic E-state index is -0.147. The van der Waals surface area contributed by atoms with E-state index in [1.165, 1.54) is 0 Å². The van der Waals surface area contributed by atoms with Crippen molar-refractivity contribution in [3.63, 3.8) is 0 Å². The van der Waals surface area contributed by atoms with Crippen molar-refractivity contribution < 1.29 is 4.79 Å². The zero-order valence-corrected chi connectivity index (χ0v) is 12.1. The number of aromatic nitrogens is 2. The van der Waals surface area contributed by atoms with E-state index in [1.807, 2.05) is 40.8 Å². The number of pyridine rings is 2. The predicted octanol–water partition coefficient (Wildman–Crippen LogP) is 3.59. The number of hydrogen-bond acceptors (Lipinski definition) is 3. The van der Waals surface area contributed by atoms with Gasteiger partial charge in [-0.25, -0.2) is 0 Å². The Morgan fingerprint density at radius 3 is 2.70 bits per heavy atom. The van der Waals surface area contributed by atoms with Crippen LogP contribution in [0.1, 0.15) is 21.6 Å². The Labute approximate surface area is 132 Å². The highest BCUT2D eigenvalue weighted by Crippen LogP contribution is 2.25.